The van der Waals surface area contributed by atoms with Gasteiger partial charge in [-0.15, -0.1) is 0 Å². The van der Waals surface area contributed by atoms with Gasteiger partial charge in [-0.1, -0.05) is 43.9 Å². The first-order valence-corrected chi connectivity index (χ1v) is 7.97. The zero-order valence-electron chi connectivity index (χ0n) is 11.9. The Bertz CT molecular complexity index is 360. The second kappa shape index (κ2) is 6.42. The maximum atomic E-state index is 2.75. The van der Waals surface area contributed by atoms with Crippen molar-refractivity contribution in [1.29, 1.82) is 0 Å². The third kappa shape index (κ3) is 3.30. The van der Waals surface area contributed by atoms with Crippen molar-refractivity contribution in [3.63, 3.8) is 0 Å². The van der Waals surface area contributed by atoms with Crippen molar-refractivity contribution in [2.45, 2.75) is 44.6 Å². The molecule has 19 heavy (non-hydrogen) atoms. The Hall–Kier alpha value is -1.02. The van der Waals surface area contributed by atoms with E-state index in [0.717, 1.165) is 6.04 Å². The summed E-state index contributed by atoms with van der Waals surface area (Å²) in [4.78, 5) is 5.29. The average Bonchev–Trinajstić information content (AvgIpc) is 2.77. The Kier molecular flexibility index (Phi) is 4.39. The Morgan fingerprint density at radius 1 is 0.737 bits per heavy atom. The molecule has 0 spiro atoms. The zero-order chi connectivity index (χ0) is 12.9. The molecule has 2 fully saturated rings. The molecule has 1 aliphatic carbocycles. The van der Waals surface area contributed by atoms with Crippen LogP contribution in [-0.2, 0) is 0 Å². The topological polar surface area (TPSA) is 6.48 Å². The van der Waals surface area contributed by atoms with E-state index in [0.29, 0.717) is 0 Å². The van der Waals surface area contributed by atoms with Crippen molar-refractivity contribution in [2.24, 2.45) is 0 Å². The van der Waals surface area contributed by atoms with Crippen LogP contribution in [0.5, 0.6) is 0 Å². The van der Waals surface area contributed by atoms with Gasteiger partial charge in [0.15, 0.2) is 0 Å². The van der Waals surface area contributed by atoms with Gasteiger partial charge in [0.25, 0.3) is 0 Å². The molecule has 0 amide bonds. The van der Waals surface area contributed by atoms with E-state index in [1.54, 1.807) is 0 Å². The minimum atomic E-state index is 0.875. The van der Waals surface area contributed by atoms with Crippen LogP contribution in [-0.4, -0.2) is 37.1 Å². The molecule has 0 unspecified atom stereocenters. The quantitative estimate of drug-likeness (QED) is 0.749. The highest BCUT2D eigenvalue weighted by Crippen LogP contribution is 2.24. The molecule has 0 atom stereocenters. The molecular weight excluding hydrogens is 232 g/mol. The van der Waals surface area contributed by atoms with Gasteiger partial charge in [-0.2, -0.15) is 0 Å². The lowest BCUT2D eigenvalue weighted by Crippen LogP contribution is -2.50. The molecule has 2 nitrogen and oxygen atoms in total. The molecule has 0 aromatic heterocycles. The summed E-state index contributed by atoms with van der Waals surface area (Å²) in [5.74, 6) is 0. The molecule has 1 aromatic carbocycles. The Morgan fingerprint density at radius 2 is 1.37 bits per heavy atom. The predicted molar refractivity (Wildman–Crippen MR) is 81.7 cm³/mol. The summed E-state index contributed by atoms with van der Waals surface area (Å²) >= 11 is 0. The lowest BCUT2D eigenvalue weighted by atomic mass is 10.1. The molecule has 1 heterocycles. The normalized spacial score (nSPS) is 23.3. The highest BCUT2D eigenvalue weighted by Gasteiger charge is 2.24. The highest BCUT2D eigenvalue weighted by molar-refractivity contribution is 5.46. The van der Waals surface area contributed by atoms with Crippen molar-refractivity contribution in [1.82, 2.24) is 4.90 Å². The van der Waals surface area contributed by atoms with Crippen LogP contribution in [0.25, 0.3) is 0 Å². The molecule has 104 valence electrons. The van der Waals surface area contributed by atoms with Crippen molar-refractivity contribution in [3.05, 3.63) is 30.3 Å². The van der Waals surface area contributed by atoms with Crippen LogP contribution >= 0.6 is 0 Å². The van der Waals surface area contributed by atoms with Crippen molar-refractivity contribution >= 4 is 5.69 Å². The van der Waals surface area contributed by atoms with E-state index >= 15 is 0 Å². The average molecular weight is 258 g/mol. The Balaban J connectivity index is 1.54. The lowest BCUT2D eigenvalue weighted by molar-refractivity contribution is 0.169. The first-order valence-electron chi connectivity index (χ1n) is 7.97. The van der Waals surface area contributed by atoms with Gasteiger partial charge in [0, 0.05) is 37.9 Å². The lowest BCUT2D eigenvalue weighted by Gasteiger charge is -2.40. The van der Waals surface area contributed by atoms with Crippen LogP contribution in [0.4, 0.5) is 5.69 Å². The summed E-state index contributed by atoms with van der Waals surface area (Å²) in [6.45, 7) is 4.89. The fraction of sp³-hybridized carbons (Fsp3) is 0.647. The predicted octanol–water partition coefficient (Wildman–Crippen LogP) is 3.53. The fourth-order valence-corrected chi connectivity index (χ4v) is 3.61. The second-order valence-corrected chi connectivity index (χ2v) is 6.00. The number of piperazine rings is 1. The van der Waals surface area contributed by atoms with Gasteiger partial charge >= 0.3 is 0 Å². The van der Waals surface area contributed by atoms with Gasteiger partial charge in [0.05, 0.1) is 0 Å². The van der Waals surface area contributed by atoms with Crippen LogP contribution in [0, 0.1) is 0 Å². The summed E-state index contributed by atoms with van der Waals surface area (Å²) in [5, 5.41) is 0. The molecule has 0 bridgehead atoms. The number of rotatable bonds is 2. The molecule has 1 saturated heterocycles. The summed E-state index contributed by atoms with van der Waals surface area (Å²) in [7, 11) is 0. The molecule has 2 heteroatoms. The van der Waals surface area contributed by atoms with Crippen LogP contribution in [0.3, 0.4) is 0 Å². The molecule has 1 saturated carbocycles. The molecular formula is C17H26N2. The highest BCUT2D eigenvalue weighted by atomic mass is 15.3. The van der Waals surface area contributed by atoms with Gasteiger partial charge in [-0.3, -0.25) is 4.90 Å². The molecule has 0 radical (unpaired) electrons. The summed E-state index contributed by atoms with van der Waals surface area (Å²) in [5.41, 5.74) is 1.39. The fourth-order valence-electron chi connectivity index (χ4n) is 3.61. The van der Waals surface area contributed by atoms with Gasteiger partial charge in [0.2, 0.25) is 0 Å². The van der Waals surface area contributed by atoms with Crippen LogP contribution in [0.15, 0.2) is 30.3 Å². The number of hydrogen-bond donors (Lipinski definition) is 0. The van der Waals surface area contributed by atoms with E-state index in [9.17, 15) is 0 Å². The maximum absolute atomic E-state index is 2.75. The van der Waals surface area contributed by atoms with Gasteiger partial charge in [-0.25, -0.2) is 0 Å². The van der Waals surface area contributed by atoms with Crippen molar-refractivity contribution in [3.8, 4) is 0 Å². The first-order chi connectivity index (χ1) is 9.43. The SMILES string of the molecule is c1ccc(N2CCN(C3CCCCCC3)CC2)cc1. The van der Waals surface area contributed by atoms with E-state index in [4.69, 9.17) is 0 Å². The van der Waals surface area contributed by atoms with Crippen LogP contribution in [0.2, 0.25) is 0 Å². The molecule has 0 N–H and O–H groups in total. The molecule has 2 aliphatic rings. The van der Waals surface area contributed by atoms with Gasteiger partial charge in [0.1, 0.15) is 0 Å². The summed E-state index contributed by atoms with van der Waals surface area (Å²) in [6.07, 6.45) is 8.69. The molecule has 1 aromatic rings. The van der Waals surface area contributed by atoms with E-state index in [1.807, 2.05) is 0 Å². The third-order valence-electron chi connectivity index (χ3n) is 4.78. The number of anilines is 1. The van der Waals surface area contributed by atoms with Gasteiger partial charge < -0.3 is 4.90 Å². The minimum Gasteiger partial charge on any atom is -0.369 e. The maximum Gasteiger partial charge on any atom is 0.0367 e. The Labute approximate surface area is 117 Å². The number of benzene rings is 1. The monoisotopic (exact) mass is 258 g/mol. The second-order valence-electron chi connectivity index (χ2n) is 6.00. The third-order valence-corrected chi connectivity index (χ3v) is 4.78. The van der Waals surface area contributed by atoms with Crippen molar-refractivity contribution in [2.75, 3.05) is 31.1 Å². The van der Waals surface area contributed by atoms with Gasteiger partial charge in [-0.05, 0) is 25.0 Å². The minimum absolute atomic E-state index is 0.875. The Morgan fingerprint density at radius 3 is 2.00 bits per heavy atom. The zero-order valence-corrected chi connectivity index (χ0v) is 11.9. The van der Waals surface area contributed by atoms with Crippen LogP contribution in [0.1, 0.15) is 38.5 Å². The largest absolute Gasteiger partial charge is 0.369 e. The molecule has 3 rings (SSSR count). The number of hydrogen-bond acceptors (Lipinski definition) is 2. The number of nitrogens with zero attached hydrogens (tertiary/aromatic N) is 2. The number of para-hydroxylation sites is 1. The van der Waals surface area contributed by atoms with E-state index in [1.165, 1.54) is 70.4 Å². The van der Waals surface area contributed by atoms with Crippen LogP contribution < -0.4 is 4.90 Å². The summed E-state index contributed by atoms with van der Waals surface area (Å²) in [6, 6.07) is 11.7. The smallest absolute Gasteiger partial charge is 0.0367 e. The summed E-state index contributed by atoms with van der Waals surface area (Å²) < 4.78 is 0. The standard InChI is InChI=1S/C17H26N2/c1-2-5-9-16(8-4-1)18-12-14-19(15-13-18)17-10-6-3-7-11-17/h3,6-7,10-11,16H,1-2,4-5,8-9,12-15H2. The van der Waals surface area contributed by atoms with E-state index in [-0.39, 0.29) is 0 Å². The van der Waals surface area contributed by atoms with E-state index in [2.05, 4.69) is 40.1 Å². The van der Waals surface area contributed by atoms with Crippen molar-refractivity contribution < 1.29 is 0 Å². The molecule has 1 aliphatic heterocycles. The first kappa shape index (κ1) is 13.0. The van der Waals surface area contributed by atoms with E-state index < -0.39 is 0 Å².